The van der Waals surface area contributed by atoms with Crippen LogP contribution in [-0.2, 0) is 6.42 Å². The van der Waals surface area contributed by atoms with Crippen LogP contribution < -0.4 is 5.73 Å². The van der Waals surface area contributed by atoms with Crippen molar-refractivity contribution in [1.82, 2.24) is 0 Å². The summed E-state index contributed by atoms with van der Waals surface area (Å²) in [6.07, 6.45) is -3.04. The Morgan fingerprint density at radius 3 is 2.40 bits per heavy atom. The predicted molar refractivity (Wildman–Crippen MR) is 72.7 cm³/mol. The van der Waals surface area contributed by atoms with Gasteiger partial charge in [0.1, 0.15) is 5.82 Å². The number of benzene rings is 1. The number of alkyl halides is 3. The van der Waals surface area contributed by atoms with E-state index in [1.54, 1.807) is 12.1 Å². The molecule has 2 rings (SSSR count). The van der Waals surface area contributed by atoms with Gasteiger partial charge in [-0.15, -0.1) is 0 Å². The van der Waals surface area contributed by atoms with Crippen molar-refractivity contribution in [3.63, 3.8) is 0 Å². The van der Waals surface area contributed by atoms with Gasteiger partial charge in [-0.3, -0.25) is 0 Å². The topological polar surface area (TPSA) is 26.0 Å². The predicted octanol–water partition coefficient (Wildman–Crippen LogP) is 4.58. The van der Waals surface area contributed by atoms with Gasteiger partial charge in [0.15, 0.2) is 0 Å². The molecule has 0 atom stereocenters. The fourth-order valence-corrected chi connectivity index (χ4v) is 3.17. The summed E-state index contributed by atoms with van der Waals surface area (Å²) >= 11 is 3.16. The number of nitrogens with two attached hydrogens (primary N) is 1. The maximum Gasteiger partial charge on any atom is 0.391 e. The van der Waals surface area contributed by atoms with Crippen molar-refractivity contribution in [2.45, 2.75) is 43.8 Å². The van der Waals surface area contributed by atoms with Crippen LogP contribution in [0.2, 0.25) is 0 Å². The van der Waals surface area contributed by atoms with Crippen LogP contribution in [0, 0.1) is 11.7 Å². The Labute approximate surface area is 123 Å². The molecule has 0 radical (unpaired) electrons. The van der Waals surface area contributed by atoms with Crippen LogP contribution in [0.1, 0.15) is 31.2 Å². The van der Waals surface area contributed by atoms with Crippen LogP contribution >= 0.6 is 15.9 Å². The molecule has 112 valence electrons. The summed E-state index contributed by atoms with van der Waals surface area (Å²) in [5.74, 6) is -1.63. The number of hydrogen-bond acceptors (Lipinski definition) is 1. The Hall–Kier alpha value is -0.620. The Kier molecular flexibility index (Phi) is 4.44. The maximum absolute atomic E-state index is 13.4. The average molecular weight is 354 g/mol. The summed E-state index contributed by atoms with van der Waals surface area (Å²) in [6, 6.07) is 4.66. The first kappa shape index (κ1) is 15.8. The van der Waals surface area contributed by atoms with Crippen LogP contribution in [0.25, 0.3) is 0 Å². The Balaban J connectivity index is 2.05. The Morgan fingerprint density at radius 2 is 1.85 bits per heavy atom. The third-order valence-corrected chi connectivity index (χ3v) is 4.91. The van der Waals surface area contributed by atoms with Crippen molar-refractivity contribution in [2.24, 2.45) is 11.7 Å². The molecule has 1 aliphatic carbocycles. The van der Waals surface area contributed by atoms with Gasteiger partial charge < -0.3 is 5.73 Å². The Morgan fingerprint density at radius 1 is 1.25 bits per heavy atom. The maximum atomic E-state index is 13.4. The van der Waals surface area contributed by atoms with Gasteiger partial charge in [0.2, 0.25) is 0 Å². The highest BCUT2D eigenvalue weighted by atomic mass is 79.9. The van der Waals surface area contributed by atoms with E-state index in [1.807, 2.05) is 0 Å². The van der Waals surface area contributed by atoms with Gasteiger partial charge in [-0.05, 0) is 59.7 Å². The third kappa shape index (κ3) is 3.52. The SMILES string of the molecule is NC1(Cc2cccc(F)c2Br)CCC(C(F)(F)F)CC1. The van der Waals surface area contributed by atoms with Crippen molar-refractivity contribution in [3.8, 4) is 0 Å². The molecule has 6 heteroatoms. The van der Waals surface area contributed by atoms with Crippen LogP contribution in [0.15, 0.2) is 22.7 Å². The molecule has 0 bridgehead atoms. The van der Waals surface area contributed by atoms with Crippen molar-refractivity contribution < 1.29 is 17.6 Å². The summed E-state index contributed by atoms with van der Waals surface area (Å²) < 4.78 is 51.7. The lowest BCUT2D eigenvalue weighted by Crippen LogP contribution is -2.47. The zero-order chi connectivity index (χ0) is 15.0. The smallest absolute Gasteiger partial charge is 0.325 e. The molecule has 0 heterocycles. The molecular weight excluding hydrogens is 338 g/mol. The van der Waals surface area contributed by atoms with E-state index >= 15 is 0 Å². The van der Waals surface area contributed by atoms with Crippen molar-refractivity contribution >= 4 is 15.9 Å². The molecule has 1 aromatic rings. The van der Waals surface area contributed by atoms with Crippen LogP contribution in [0.4, 0.5) is 17.6 Å². The molecule has 1 nitrogen and oxygen atoms in total. The van der Waals surface area contributed by atoms with E-state index in [0.29, 0.717) is 29.3 Å². The van der Waals surface area contributed by atoms with E-state index in [-0.39, 0.29) is 18.7 Å². The van der Waals surface area contributed by atoms with E-state index in [9.17, 15) is 17.6 Å². The van der Waals surface area contributed by atoms with Gasteiger partial charge in [-0.2, -0.15) is 13.2 Å². The first-order chi connectivity index (χ1) is 9.21. The molecular formula is C14H16BrF4N. The lowest BCUT2D eigenvalue weighted by atomic mass is 9.74. The van der Waals surface area contributed by atoms with Crippen molar-refractivity contribution in [2.75, 3.05) is 0 Å². The van der Waals surface area contributed by atoms with Crippen molar-refractivity contribution in [3.05, 3.63) is 34.1 Å². The molecule has 1 fully saturated rings. The van der Waals surface area contributed by atoms with E-state index in [2.05, 4.69) is 15.9 Å². The highest BCUT2D eigenvalue weighted by Crippen LogP contribution is 2.41. The first-order valence-electron chi connectivity index (χ1n) is 6.50. The molecule has 0 aliphatic heterocycles. The molecule has 0 amide bonds. The summed E-state index contributed by atoms with van der Waals surface area (Å²) in [6.45, 7) is 0. The monoisotopic (exact) mass is 353 g/mol. The van der Waals surface area contributed by atoms with Crippen LogP contribution in [0.5, 0.6) is 0 Å². The summed E-state index contributed by atoms with van der Waals surface area (Å²) in [4.78, 5) is 0. The average Bonchev–Trinajstić information content (AvgIpc) is 2.34. The highest BCUT2D eigenvalue weighted by molar-refractivity contribution is 9.10. The zero-order valence-corrected chi connectivity index (χ0v) is 12.4. The van der Waals surface area contributed by atoms with Gasteiger partial charge >= 0.3 is 6.18 Å². The van der Waals surface area contributed by atoms with Gasteiger partial charge in [0, 0.05) is 5.54 Å². The Bertz CT molecular complexity index is 479. The number of hydrogen-bond donors (Lipinski definition) is 1. The first-order valence-corrected chi connectivity index (χ1v) is 7.29. The van der Waals surface area contributed by atoms with E-state index in [1.165, 1.54) is 6.07 Å². The third-order valence-electron chi connectivity index (χ3n) is 4.02. The molecule has 1 saturated carbocycles. The molecule has 0 spiro atoms. The fourth-order valence-electron chi connectivity index (χ4n) is 2.76. The minimum absolute atomic E-state index is 0.0485. The molecule has 0 saturated heterocycles. The summed E-state index contributed by atoms with van der Waals surface area (Å²) in [5.41, 5.74) is 6.23. The van der Waals surface area contributed by atoms with Crippen LogP contribution in [0.3, 0.4) is 0 Å². The van der Waals surface area contributed by atoms with E-state index in [0.717, 1.165) is 0 Å². The molecule has 0 unspecified atom stereocenters. The van der Waals surface area contributed by atoms with Crippen molar-refractivity contribution in [1.29, 1.82) is 0 Å². The van der Waals surface area contributed by atoms with Crippen LogP contribution in [-0.4, -0.2) is 11.7 Å². The minimum Gasteiger partial charge on any atom is -0.325 e. The molecule has 0 aromatic heterocycles. The van der Waals surface area contributed by atoms with Gasteiger partial charge in [-0.1, -0.05) is 12.1 Å². The minimum atomic E-state index is -4.14. The van der Waals surface area contributed by atoms with Gasteiger partial charge in [0.25, 0.3) is 0 Å². The lowest BCUT2D eigenvalue weighted by Gasteiger charge is -2.38. The van der Waals surface area contributed by atoms with E-state index < -0.39 is 17.6 Å². The molecule has 20 heavy (non-hydrogen) atoms. The second kappa shape index (κ2) is 5.64. The zero-order valence-electron chi connectivity index (χ0n) is 10.8. The number of rotatable bonds is 2. The largest absolute Gasteiger partial charge is 0.391 e. The normalized spacial score (nSPS) is 27.6. The van der Waals surface area contributed by atoms with E-state index in [4.69, 9.17) is 5.73 Å². The quantitative estimate of drug-likeness (QED) is 0.773. The molecule has 1 aliphatic rings. The fraction of sp³-hybridized carbons (Fsp3) is 0.571. The summed E-state index contributed by atoms with van der Waals surface area (Å²) in [7, 11) is 0. The van der Waals surface area contributed by atoms with Gasteiger partial charge in [0.05, 0.1) is 10.4 Å². The van der Waals surface area contributed by atoms with Gasteiger partial charge in [-0.25, -0.2) is 4.39 Å². The second-order valence-electron chi connectivity index (χ2n) is 5.57. The molecule has 1 aromatic carbocycles. The highest BCUT2D eigenvalue weighted by Gasteiger charge is 2.44. The lowest BCUT2D eigenvalue weighted by molar-refractivity contribution is -0.184. The summed E-state index contributed by atoms with van der Waals surface area (Å²) in [5, 5.41) is 0. The molecule has 2 N–H and O–H groups in total. The standard InChI is InChI=1S/C14H16BrF4N/c15-12-9(2-1-3-11(12)16)8-13(20)6-4-10(5-7-13)14(17,18)19/h1-3,10H,4-8,20H2. The number of halogens is 5. The second-order valence-corrected chi connectivity index (χ2v) is 6.36.